The zero-order valence-corrected chi connectivity index (χ0v) is 10.7. The fourth-order valence-corrected chi connectivity index (χ4v) is 3.50. The summed E-state index contributed by atoms with van der Waals surface area (Å²) in [5, 5.41) is 9.51. The third-order valence-corrected chi connectivity index (χ3v) is 4.86. The minimum atomic E-state index is -3.51. The SMILES string of the molecule is O=S(=O)(c1ccnc(Cl)c1)N1CCC(O)CC1. The Labute approximate surface area is 105 Å². The normalized spacial score (nSPS) is 19.4. The molecule has 1 aromatic rings. The summed E-state index contributed by atoms with van der Waals surface area (Å²) in [5.41, 5.74) is 0. The molecule has 0 saturated carbocycles. The fraction of sp³-hybridized carbons (Fsp3) is 0.500. The first-order valence-electron chi connectivity index (χ1n) is 5.30. The highest BCUT2D eigenvalue weighted by Gasteiger charge is 2.28. The third kappa shape index (κ3) is 2.77. The van der Waals surface area contributed by atoms with Gasteiger partial charge in [-0.25, -0.2) is 13.4 Å². The van der Waals surface area contributed by atoms with E-state index < -0.39 is 16.1 Å². The van der Waals surface area contributed by atoms with Gasteiger partial charge in [-0.05, 0) is 25.0 Å². The summed E-state index contributed by atoms with van der Waals surface area (Å²) in [6, 6.07) is 2.76. The minimum Gasteiger partial charge on any atom is -0.393 e. The fourth-order valence-electron chi connectivity index (χ4n) is 1.78. The van der Waals surface area contributed by atoms with Crippen molar-refractivity contribution < 1.29 is 13.5 Å². The number of aromatic nitrogens is 1. The molecule has 2 rings (SSSR count). The highest BCUT2D eigenvalue weighted by atomic mass is 35.5. The summed E-state index contributed by atoms with van der Waals surface area (Å²) < 4.78 is 25.8. The van der Waals surface area contributed by atoms with Crippen molar-refractivity contribution in [2.24, 2.45) is 0 Å². The van der Waals surface area contributed by atoms with Crippen LogP contribution in [0.5, 0.6) is 0 Å². The second-order valence-electron chi connectivity index (χ2n) is 3.95. The van der Waals surface area contributed by atoms with Gasteiger partial charge in [0.1, 0.15) is 5.15 Å². The average molecular weight is 277 g/mol. The third-order valence-electron chi connectivity index (χ3n) is 2.76. The van der Waals surface area contributed by atoms with Gasteiger partial charge in [-0.2, -0.15) is 4.31 Å². The molecule has 0 radical (unpaired) electrons. The smallest absolute Gasteiger partial charge is 0.243 e. The number of nitrogens with zero attached hydrogens (tertiary/aromatic N) is 2. The van der Waals surface area contributed by atoms with Crippen LogP contribution >= 0.6 is 11.6 Å². The molecule has 0 spiro atoms. The summed E-state index contributed by atoms with van der Waals surface area (Å²) in [5.74, 6) is 0. The zero-order chi connectivity index (χ0) is 12.5. The van der Waals surface area contributed by atoms with E-state index in [0.717, 1.165) is 0 Å². The molecule has 0 amide bonds. The van der Waals surface area contributed by atoms with E-state index in [9.17, 15) is 13.5 Å². The molecule has 1 aliphatic rings. The Kier molecular flexibility index (Phi) is 3.67. The predicted octanol–water partition coefficient (Wildman–Crippen LogP) is 0.880. The Morgan fingerprint density at radius 2 is 2.06 bits per heavy atom. The second kappa shape index (κ2) is 4.89. The summed E-state index contributed by atoms with van der Waals surface area (Å²) in [7, 11) is -3.51. The lowest BCUT2D eigenvalue weighted by Crippen LogP contribution is -2.39. The van der Waals surface area contributed by atoms with E-state index in [-0.39, 0.29) is 10.0 Å². The first-order valence-corrected chi connectivity index (χ1v) is 7.12. The van der Waals surface area contributed by atoms with Crippen LogP contribution in [-0.2, 0) is 10.0 Å². The van der Waals surface area contributed by atoms with Crippen LogP contribution in [0.3, 0.4) is 0 Å². The molecule has 2 heterocycles. The van der Waals surface area contributed by atoms with E-state index in [1.54, 1.807) is 0 Å². The zero-order valence-electron chi connectivity index (χ0n) is 9.08. The van der Waals surface area contributed by atoms with Gasteiger partial charge in [-0.15, -0.1) is 0 Å². The molecular formula is C10H13ClN2O3S. The van der Waals surface area contributed by atoms with Crippen LogP contribution in [0.2, 0.25) is 5.15 Å². The van der Waals surface area contributed by atoms with Crippen LogP contribution in [-0.4, -0.2) is 42.0 Å². The highest BCUT2D eigenvalue weighted by molar-refractivity contribution is 7.89. The Morgan fingerprint density at radius 3 is 2.65 bits per heavy atom. The minimum absolute atomic E-state index is 0.147. The van der Waals surface area contributed by atoms with Crippen molar-refractivity contribution in [1.82, 2.24) is 9.29 Å². The molecular weight excluding hydrogens is 264 g/mol. The quantitative estimate of drug-likeness (QED) is 0.814. The van der Waals surface area contributed by atoms with Crippen LogP contribution in [0.15, 0.2) is 23.2 Å². The number of sulfonamides is 1. The largest absolute Gasteiger partial charge is 0.393 e. The maximum Gasteiger partial charge on any atom is 0.243 e. The molecule has 94 valence electrons. The number of aliphatic hydroxyl groups excluding tert-OH is 1. The predicted molar refractivity (Wildman–Crippen MR) is 63.2 cm³/mol. The number of halogens is 1. The Balaban J connectivity index is 2.25. The van der Waals surface area contributed by atoms with E-state index >= 15 is 0 Å². The van der Waals surface area contributed by atoms with Crippen LogP contribution in [0, 0.1) is 0 Å². The van der Waals surface area contributed by atoms with Gasteiger partial charge in [-0.1, -0.05) is 11.6 Å². The first-order chi connectivity index (χ1) is 8.00. The van der Waals surface area contributed by atoms with Gasteiger partial charge in [0.05, 0.1) is 11.0 Å². The first kappa shape index (κ1) is 12.8. The molecule has 0 unspecified atom stereocenters. The molecule has 0 atom stereocenters. The Bertz CT molecular complexity index is 498. The molecule has 1 fully saturated rings. The van der Waals surface area contributed by atoms with Crippen molar-refractivity contribution in [2.45, 2.75) is 23.8 Å². The lowest BCUT2D eigenvalue weighted by Gasteiger charge is -2.28. The summed E-state index contributed by atoms with van der Waals surface area (Å²) in [6.45, 7) is 0.673. The van der Waals surface area contributed by atoms with Crippen LogP contribution in [0.4, 0.5) is 0 Å². The van der Waals surface area contributed by atoms with Crippen LogP contribution < -0.4 is 0 Å². The van der Waals surface area contributed by atoms with Gasteiger partial charge >= 0.3 is 0 Å². The number of rotatable bonds is 2. The molecule has 1 saturated heterocycles. The van der Waals surface area contributed by atoms with Gasteiger partial charge in [0.2, 0.25) is 10.0 Å². The van der Waals surface area contributed by atoms with Crippen molar-refractivity contribution in [3.63, 3.8) is 0 Å². The van der Waals surface area contributed by atoms with Gasteiger partial charge in [0.15, 0.2) is 0 Å². The molecule has 1 aromatic heterocycles. The summed E-state index contributed by atoms with van der Waals surface area (Å²) in [6.07, 6.45) is 1.91. The molecule has 0 bridgehead atoms. The maximum absolute atomic E-state index is 12.2. The lowest BCUT2D eigenvalue weighted by molar-refractivity contribution is 0.113. The molecule has 0 aliphatic carbocycles. The summed E-state index contributed by atoms with van der Waals surface area (Å²) >= 11 is 5.68. The van der Waals surface area contributed by atoms with Gasteiger partial charge < -0.3 is 5.11 Å². The van der Waals surface area contributed by atoms with Crippen molar-refractivity contribution in [2.75, 3.05) is 13.1 Å². The van der Waals surface area contributed by atoms with Crippen molar-refractivity contribution in [3.8, 4) is 0 Å². The van der Waals surface area contributed by atoms with E-state index in [1.165, 1.54) is 22.6 Å². The molecule has 0 aromatic carbocycles. The summed E-state index contributed by atoms with van der Waals surface area (Å²) in [4.78, 5) is 3.90. The topological polar surface area (TPSA) is 70.5 Å². The number of hydrogen-bond acceptors (Lipinski definition) is 4. The Morgan fingerprint density at radius 1 is 1.41 bits per heavy atom. The van der Waals surface area contributed by atoms with E-state index in [4.69, 9.17) is 11.6 Å². The number of hydrogen-bond donors (Lipinski definition) is 1. The standard InChI is InChI=1S/C10H13ClN2O3S/c11-10-7-9(1-4-12-10)17(15,16)13-5-2-8(14)3-6-13/h1,4,7-8,14H,2-3,5-6H2. The van der Waals surface area contributed by atoms with Gasteiger partial charge in [-0.3, -0.25) is 0 Å². The molecule has 17 heavy (non-hydrogen) atoms. The highest BCUT2D eigenvalue weighted by Crippen LogP contribution is 2.21. The van der Waals surface area contributed by atoms with E-state index in [2.05, 4.69) is 4.98 Å². The number of aliphatic hydroxyl groups is 1. The molecule has 5 nitrogen and oxygen atoms in total. The lowest BCUT2D eigenvalue weighted by atomic mass is 10.1. The second-order valence-corrected chi connectivity index (χ2v) is 6.27. The van der Waals surface area contributed by atoms with Gasteiger partial charge in [0.25, 0.3) is 0 Å². The van der Waals surface area contributed by atoms with Crippen LogP contribution in [0.25, 0.3) is 0 Å². The Hall–Kier alpha value is -0.690. The van der Waals surface area contributed by atoms with Crippen LogP contribution in [0.1, 0.15) is 12.8 Å². The molecule has 1 N–H and O–H groups in total. The molecule has 1 aliphatic heterocycles. The number of pyridine rings is 1. The molecule has 7 heteroatoms. The number of piperidine rings is 1. The van der Waals surface area contributed by atoms with Crippen molar-refractivity contribution in [1.29, 1.82) is 0 Å². The van der Waals surface area contributed by atoms with E-state index in [0.29, 0.717) is 25.9 Å². The van der Waals surface area contributed by atoms with Crippen molar-refractivity contribution in [3.05, 3.63) is 23.5 Å². The average Bonchev–Trinajstić information content (AvgIpc) is 2.29. The maximum atomic E-state index is 12.2. The monoisotopic (exact) mass is 276 g/mol. The van der Waals surface area contributed by atoms with Gasteiger partial charge in [0, 0.05) is 19.3 Å². The van der Waals surface area contributed by atoms with E-state index in [1.807, 2.05) is 0 Å². The van der Waals surface area contributed by atoms with Crippen molar-refractivity contribution >= 4 is 21.6 Å².